The minimum Gasteiger partial charge on any atom is -0.455 e. The van der Waals surface area contributed by atoms with Gasteiger partial charge in [0.25, 0.3) is 35.9 Å². The molecule has 9 rings (SSSR count). The highest BCUT2D eigenvalue weighted by molar-refractivity contribution is 7.86. The zero-order valence-corrected chi connectivity index (χ0v) is 37.2. The number of carbonyl (C=O) groups is 2. The number of pyridine rings is 1. The maximum absolute atomic E-state index is 14.8. The van der Waals surface area contributed by atoms with Crippen LogP contribution in [0.15, 0.2) is 147 Å². The second kappa shape index (κ2) is 17.1. The minimum absolute atomic E-state index is 0.00250. The summed E-state index contributed by atoms with van der Waals surface area (Å²) in [6.07, 6.45) is 0. The molecule has 0 atom stereocenters. The number of aromatic amines is 1. The van der Waals surface area contributed by atoms with Gasteiger partial charge in [0.05, 0.1) is 37.8 Å². The Morgan fingerprint density at radius 2 is 1.18 bits per heavy atom. The molecule has 6 aromatic carbocycles. The van der Waals surface area contributed by atoms with Crippen molar-refractivity contribution in [3.63, 3.8) is 0 Å². The number of hydrogen-bond acceptors (Lipinski definition) is 16. The molecule has 20 nitrogen and oxygen atoms in total. The molecule has 8 aromatic rings. The molecule has 0 aliphatic heterocycles. The number of ketones is 2. The summed E-state index contributed by atoms with van der Waals surface area (Å²) in [5.41, 5.74) is -1.12. The Morgan fingerprint density at radius 1 is 0.603 bits per heavy atom. The second-order valence-corrected chi connectivity index (χ2v) is 19.3. The molecule has 2 heterocycles. The Labute approximate surface area is 388 Å². The first-order valence-corrected chi connectivity index (χ1v) is 24.1. The van der Waals surface area contributed by atoms with Crippen LogP contribution in [0.4, 0.5) is 34.6 Å². The van der Waals surface area contributed by atoms with E-state index in [2.05, 4.69) is 35.9 Å². The van der Waals surface area contributed by atoms with Crippen molar-refractivity contribution in [2.45, 2.75) is 14.7 Å². The Balaban J connectivity index is 1.21. The number of hydrogen-bond donors (Lipinski definition) is 7. The van der Waals surface area contributed by atoms with Crippen LogP contribution in [0.3, 0.4) is 0 Å². The van der Waals surface area contributed by atoms with Crippen LogP contribution in [0.25, 0.3) is 22.0 Å². The average molecular weight is 994 g/mol. The van der Waals surface area contributed by atoms with Crippen LogP contribution in [0, 0.1) is 0 Å². The number of fused-ring (bicyclic) bond motifs is 2. The van der Waals surface area contributed by atoms with Gasteiger partial charge in [-0.2, -0.15) is 40.2 Å². The molecule has 7 N–H and O–H groups in total. The van der Waals surface area contributed by atoms with Gasteiger partial charge in [-0.3, -0.25) is 28.0 Å². The molecule has 0 spiro atoms. The number of H-pyrrole nitrogens is 1. The Kier molecular flexibility index (Phi) is 11.4. The molecule has 68 heavy (non-hydrogen) atoms. The van der Waals surface area contributed by atoms with Crippen LogP contribution in [0.1, 0.15) is 31.8 Å². The number of anilines is 6. The molecule has 342 valence electrons. The van der Waals surface area contributed by atoms with Gasteiger partial charge < -0.3 is 25.7 Å². The third-order valence-corrected chi connectivity index (χ3v) is 13.2. The molecule has 24 heteroatoms. The number of nitrogens with zero attached hydrogens (tertiary/aromatic N) is 3. The molecular formula is C44H28ClN7O13S3. The number of aromatic nitrogens is 4. The second-order valence-electron chi connectivity index (χ2n) is 14.7. The summed E-state index contributed by atoms with van der Waals surface area (Å²) < 4.78 is 108. The predicted octanol–water partition coefficient (Wildman–Crippen LogP) is 7.57. The summed E-state index contributed by atoms with van der Waals surface area (Å²) in [5.74, 6) is -1.87. The number of halogens is 1. The van der Waals surface area contributed by atoms with Crippen molar-refractivity contribution < 1.29 is 53.2 Å². The highest BCUT2D eigenvalue weighted by atomic mass is 35.5. The Morgan fingerprint density at radius 3 is 1.79 bits per heavy atom. The summed E-state index contributed by atoms with van der Waals surface area (Å²) in [4.78, 5) is 56.9. The zero-order chi connectivity index (χ0) is 48.3. The molecule has 0 saturated carbocycles. The van der Waals surface area contributed by atoms with Crippen LogP contribution in [0.5, 0.6) is 11.5 Å². The highest BCUT2D eigenvalue weighted by Gasteiger charge is 2.35. The standard InChI is InChI=1S/C44H28ClN7O13S3/c45-42-50-43(46-23-10-15-26(16-11-23)66(56,57)58)52-44(51-42)47-24-12-19-33(68(62,63)64)30(20-24)48-31-21-32(65-25-13-17-27(18-14-25)67(59,60)61)38-36-34(28-8-4-5-9-29(28)40(54)35(31)36)37(41(55)49-38)39(53)22-6-2-1-3-7-22/h1-21,48H,(H,49,55)(H,56,57,58)(H,59,60,61)(H,62,63,64)(H2,46,47,50,51,52). The quantitative estimate of drug-likeness (QED) is 0.0432. The SMILES string of the molecule is O=C(c1ccccc1)c1c2c3c(c(Nc4cc(Nc5nc(Cl)nc(Nc6ccc(S(=O)(=O)O)cc6)n5)ccc4S(=O)(=O)O)cc(Oc4ccc(S(=O)(=O)O)cc4)c3[nH]c1=O)C(=O)c1ccccc1-2. The van der Waals surface area contributed by atoms with E-state index in [9.17, 15) is 53.3 Å². The first-order chi connectivity index (χ1) is 32.2. The molecule has 0 bridgehead atoms. The normalized spacial score (nSPS) is 12.3. The first kappa shape index (κ1) is 45.3. The topological polar surface area (TPSA) is 314 Å². The fourth-order valence-electron chi connectivity index (χ4n) is 7.43. The third-order valence-electron chi connectivity index (χ3n) is 10.3. The van der Waals surface area contributed by atoms with E-state index in [4.69, 9.17) is 16.3 Å². The average Bonchev–Trinajstić information content (AvgIpc) is 3.28. The van der Waals surface area contributed by atoms with Gasteiger partial charge >= 0.3 is 0 Å². The number of carbonyl (C=O) groups excluding carboxylic acids is 2. The molecule has 0 unspecified atom stereocenters. The predicted molar refractivity (Wildman–Crippen MR) is 247 cm³/mol. The molecule has 0 radical (unpaired) electrons. The number of benzene rings is 6. The van der Waals surface area contributed by atoms with Crippen LogP contribution in [-0.2, 0) is 30.4 Å². The third kappa shape index (κ3) is 8.87. The van der Waals surface area contributed by atoms with E-state index in [-0.39, 0.29) is 101 Å². The van der Waals surface area contributed by atoms with Crippen molar-refractivity contribution in [2.24, 2.45) is 0 Å². The van der Waals surface area contributed by atoms with Crippen LogP contribution in [0.2, 0.25) is 5.28 Å². The summed E-state index contributed by atoms with van der Waals surface area (Å²) in [6.45, 7) is 0. The molecular weight excluding hydrogens is 966 g/mol. The van der Waals surface area contributed by atoms with Crippen LogP contribution < -0.4 is 26.2 Å². The number of nitrogens with one attached hydrogen (secondary N) is 4. The first-order valence-electron chi connectivity index (χ1n) is 19.4. The van der Waals surface area contributed by atoms with Crippen molar-refractivity contribution in [1.29, 1.82) is 0 Å². The van der Waals surface area contributed by atoms with E-state index in [1.54, 1.807) is 36.4 Å². The van der Waals surface area contributed by atoms with Crippen molar-refractivity contribution >= 4 is 99.1 Å². The van der Waals surface area contributed by atoms with E-state index in [0.717, 1.165) is 30.3 Å². The van der Waals surface area contributed by atoms with Crippen molar-refractivity contribution in [2.75, 3.05) is 16.0 Å². The zero-order valence-electron chi connectivity index (χ0n) is 34.0. The van der Waals surface area contributed by atoms with Crippen LogP contribution in [-0.4, -0.2) is 70.4 Å². The summed E-state index contributed by atoms with van der Waals surface area (Å²) in [6, 6.07) is 28.3. The van der Waals surface area contributed by atoms with Crippen molar-refractivity contribution in [3.05, 3.63) is 165 Å². The lowest BCUT2D eigenvalue weighted by Gasteiger charge is -2.26. The monoisotopic (exact) mass is 993 g/mol. The fraction of sp³-hybridized carbons (Fsp3) is 0. The molecule has 2 aromatic heterocycles. The fourth-order valence-corrected chi connectivity index (χ4v) is 9.18. The molecule has 1 aliphatic rings. The largest absolute Gasteiger partial charge is 0.455 e. The van der Waals surface area contributed by atoms with Gasteiger partial charge in [-0.05, 0) is 83.9 Å². The van der Waals surface area contributed by atoms with E-state index < -0.39 is 57.3 Å². The van der Waals surface area contributed by atoms with Crippen molar-refractivity contribution in [1.82, 2.24) is 19.9 Å². The highest BCUT2D eigenvalue weighted by Crippen LogP contribution is 2.48. The number of rotatable bonds is 13. The lowest BCUT2D eigenvalue weighted by Crippen LogP contribution is -2.24. The van der Waals surface area contributed by atoms with E-state index >= 15 is 0 Å². The van der Waals surface area contributed by atoms with Gasteiger partial charge in [-0.15, -0.1) is 0 Å². The van der Waals surface area contributed by atoms with Gasteiger partial charge in [0.1, 0.15) is 10.6 Å². The lowest BCUT2D eigenvalue weighted by atomic mass is 9.80. The van der Waals surface area contributed by atoms with Gasteiger partial charge in [-0.25, -0.2) is 0 Å². The minimum atomic E-state index is -5.04. The van der Waals surface area contributed by atoms with Crippen molar-refractivity contribution in [3.8, 4) is 22.6 Å². The van der Waals surface area contributed by atoms with Gasteiger partial charge in [-0.1, -0.05) is 54.6 Å². The van der Waals surface area contributed by atoms with Gasteiger partial charge in [0.15, 0.2) is 17.3 Å². The Bertz CT molecular complexity index is 3840. The molecule has 0 fully saturated rings. The summed E-state index contributed by atoms with van der Waals surface area (Å²) in [7, 11) is -14.1. The summed E-state index contributed by atoms with van der Waals surface area (Å²) in [5, 5.41) is 8.29. The van der Waals surface area contributed by atoms with E-state index in [0.29, 0.717) is 0 Å². The summed E-state index contributed by atoms with van der Waals surface area (Å²) >= 11 is 6.21. The van der Waals surface area contributed by atoms with Gasteiger partial charge in [0, 0.05) is 39.5 Å². The van der Waals surface area contributed by atoms with E-state index in [1.807, 2.05) is 0 Å². The Hall–Kier alpha value is -7.90. The van der Waals surface area contributed by atoms with Crippen LogP contribution >= 0.6 is 11.6 Å². The molecule has 0 saturated heterocycles. The lowest BCUT2D eigenvalue weighted by molar-refractivity contribution is 0.102. The number of ether oxygens (including phenoxy) is 1. The molecule has 0 amide bonds. The van der Waals surface area contributed by atoms with E-state index in [1.165, 1.54) is 60.7 Å². The smallest absolute Gasteiger partial charge is 0.296 e. The maximum Gasteiger partial charge on any atom is 0.296 e. The maximum atomic E-state index is 14.8. The van der Waals surface area contributed by atoms with Gasteiger partial charge in [0.2, 0.25) is 17.2 Å². The molecule has 1 aliphatic carbocycles.